The van der Waals surface area contributed by atoms with Gasteiger partial charge in [0.15, 0.2) is 0 Å². The molecular weight excluding hydrogens is 246 g/mol. The molecule has 1 unspecified atom stereocenters. The highest BCUT2D eigenvalue weighted by molar-refractivity contribution is 5.76. The molecule has 1 atom stereocenters. The van der Waals surface area contributed by atoms with Gasteiger partial charge in [-0.15, -0.1) is 0 Å². The number of carboxylic acids is 1. The maximum Gasteiger partial charge on any atom is 0.309 e. The summed E-state index contributed by atoms with van der Waals surface area (Å²) < 4.78 is 5.56. The predicted octanol–water partition coefficient (Wildman–Crippen LogP) is 1.95. The third-order valence-corrected chi connectivity index (χ3v) is 3.62. The van der Waals surface area contributed by atoms with E-state index in [1.54, 1.807) is 13.8 Å². The summed E-state index contributed by atoms with van der Waals surface area (Å²) in [4.78, 5) is 22.5. The molecule has 0 aromatic rings. The van der Waals surface area contributed by atoms with E-state index in [9.17, 15) is 9.59 Å². The van der Waals surface area contributed by atoms with Gasteiger partial charge in [-0.25, -0.2) is 0 Å². The number of nitrogens with one attached hydrogen (secondary N) is 1. The van der Waals surface area contributed by atoms with Gasteiger partial charge in [0.25, 0.3) is 0 Å². The van der Waals surface area contributed by atoms with Crippen molar-refractivity contribution < 1.29 is 19.4 Å². The molecule has 110 valence electrons. The third-order valence-electron chi connectivity index (χ3n) is 3.62. The minimum atomic E-state index is -0.836. The summed E-state index contributed by atoms with van der Waals surface area (Å²) in [5.74, 6) is -0.854. The highest BCUT2D eigenvalue weighted by Gasteiger charge is 2.26. The minimum absolute atomic E-state index is 0.0182. The van der Waals surface area contributed by atoms with Gasteiger partial charge in [-0.2, -0.15) is 0 Å². The van der Waals surface area contributed by atoms with E-state index in [-0.39, 0.29) is 12.0 Å². The third kappa shape index (κ3) is 6.05. The SMILES string of the molecule is CC(C)(CCNC(=O)CCC1CCCCO1)C(=O)O. The topological polar surface area (TPSA) is 75.6 Å². The second-order valence-corrected chi connectivity index (χ2v) is 5.82. The van der Waals surface area contributed by atoms with Crippen LogP contribution in [0.4, 0.5) is 0 Å². The molecular formula is C14H25NO4. The highest BCUT2D eigenvalue weighted by Crippen LogP contribution is 2.19. The van der Waals surface area contributed by atoms with E-state index >= 15 is 0 Å². The van der Waals surface area contributed by atoms with Crippen LogP contribution in [0.5, 0.6) is 0 Å². The number of rotatable bonds is 7. The number of hydrogen-bond acceptors (Lipinski definition) is 3. The van der Waals surface area contributed by atoms with E-state index in [4.69, 9.17) is 9.84 Å². The second-order valence-electron chi connectivity index (χ2n) is 5.82. The number of hydrogen-bond donors (Lipinski definition) is 2. The van der Waals surface area contributed by atoms with Crippen LogP contribution in [0, 0.1) is 5.41 Å². The fourth-order valence-corrected chi connectivity index (χ4v) is 2.04. The van der Waals surface area contributed by atoms with E-state index in [2.05, 4.69) is 5.32 Å². The van der Waals surface area contributed by atoms with E-state index in [1.807, 2.05) is 0 Å². The number of carbonyl (C=O) groups is 2. The van der Waals surface area contributed by atoms with E-state index in [0.717, 1.165) is 25.9 Å². The smallest absolute Gasteiger partial charge is 0.309 e. The largest absolute Gasteiger partial charge is 0.481 e. The number of aliphatic carboxylic acids is 1. The highest BCUT2D eigenvalue weighted by atomic mass is 16.5. The number of amides is 1. The van der Waals surface area contributed by atoms with Crippen LogP contribution in [0.15, 0.2) is 0 Å². The fourth-order valence-electron chi connectivity index (χ4n) is 2.04. The molecule has 0 radical (unpaired) electrons. The fraction of sp³-hybridized carbons (Fsp3) is 0.857. The normalized spacial score (nSPS) is 20.0. The summed E-state index contributed by atoms with van der Waals surface area (Å²) >= 11 is 0. The number of ether oxygens (including phenoxy) is 1. The first-order chi connectivity index (χ1) is 8.92. The van der Waals surface area contributed by atoms with Gasteiger partial charge in [-0.1, -0.05) is 0 Å². The minimum Gasteiger partial charge on any atom is -0.481 e. The molecule has 1 saturated heterocycles. The summed E-state index contributed by atoms with van der Waals surface area (Å²) in [6.07, 6.45) is 5.21. The molecule has 5 nitrogen and oxygen atoms in total. The van der Waals surface area contributed by atoms with Crippen LogP contribution >= 0.6 is 0 Å². The summed E-state index contributed by atoms with van der Waals surface area (Å²) in [5.41, 5.74) is -0.792. The van der Waals surface area contributed by atoms with Crippen molar-refractivity contribution in [2.45, 2.75) is 58.5 Å². The second kappa shape index (κ2) is 7.48. The molecule has 19 heavy (non-hydrogen) atoms. The Bertz CT molecular complexity index is 309. The van der Waals surface area contributed by atoms with Crippen molar-refractivity contribution in [3.63, 3.8) is 0 Å². The molecule has 1 aliphatic rings. The zero-order valence-corrected chi connectivity index (χ0v) is 11.9. The Morgan fingerprint density at radius 3 is 2.68 bits per heavy atom. The Hall–Kier alpha value is -1.10. The lowest BCUT2D eigenvalue weighted by molar-refractivity contribution is -0.147. The molecule has 2 N–H and O–H groups in total. The van der Waals surface area contributed by atoms with Crippen LogP contribution in [0.2, 0.25) is 0 Å². The quantitative estimate of drug-likeness (QED) is 0.742. The Kier molecular flexibility index (Phi) is 6.28. The van der Waals surface area contributed by atoms with Crippen molar-refractivity contribution in [2.24, 2.45) is 5.41 Å². The molecule has 5 heteroatoms. The summed E-state index contributed by atoms with van der Waals surface area (Å²) in [6, 6.07) is 0. The maximum atomic E-state index is 11.6. The molecule has 1 amide bonds. The zero-order chi connectivity index (χ0) is 14.3. The standard InChI is InChI=1S/C14H25NO4/c1-14(2,13(17)18)8-9-15-12(16)7-6-11-5-3-4-10-19-11/h11H,3-10H2,1-2H3,(H,15,16)(H,17,18). The Balaban J connectivity index is 2.12. The molecule has 1 heterocycles. The van der Waals surface area contributed by atoms with Crippen molar-refractivity contribution in [3.05, 3.63) is 0 Å². The van der Waals surface area contributed by atoms with Crippen LogP contribution < -0.4 is 5.32 Å². The van der Waals surface area contributed by atoms with Crippen LogP contribution in [-0.2, 0) is 14.3 Å². The molecule has 0 saturated carbocycles. The van der Waals surface area contributed by atoms with Gasteiger partial charge in [0.2, 0.25) is 5.91 Å². The molecule has 0 aliphatic carbocycles. The average molecular weight is 271 g/mol. The molecule has 0 bridgehead atoms. The Morgan fingerprint density at radius 1 is 1.37 bits per heavy atom. The number of carboxylic acid groups (broad SMARTS) is 1. The van der Waals surface area contributed by atoms with Gasteiger partial charge in [-0.3, -0.25) is 9.59 Å². The summed E-state index contributed by atoms with van der Waals surface area (Å²) in [6.45, 7) is 4.54. The lowest BCUT2D eigenvalue weighted by Gasteiger charge is -2.22. The first-order valence-corrected chi connectivity index (χ1v) is 7.03. The molecule has 1 fully saturated rings. The van der Waals surface area contributed by atoms with Crippen molar-refractivity contribution in [1.29, 1.82) is 0 Å². The van der Waals surface area contributed by atoms with Crippen LogP contribution in [0.1, 0.15) is 52.4 Å². The van der Waals surface area contributed by atoms with Crippen LogP contribution in [-0.4, -0.2) is 36.2 Å². The first-order valence-electron chi connectivity index (χ1n) is 7.03. The lowest BCUT2D eigenvalue weighted by atomic mass is 9.90. The van der Waals surface area contributed by atoms with Gasteiger partial charge in [-0.05, 0) is 46.0 Å². The van der Waals surface area contributed by atoms with E-state index < -0.39 is 11.4 Å². The Labute approximate surface area is 114 Å². The lowest BCUT2D eigenvalue weighted by Crippen LogP contribution is -2.32. The van der Waals surface area contributed by atoms with Crippen LogP contribution in [0.25, 0.3) is 0 Å². The molecule has 1 aliphatic heterocycles. The van der Waals surface area contributed by atoms with Gasteiger partial charge < -0.3 is 15.2 Å². The molecule has 1 rings (SSSR count). The van der Waals surface area contributed by atoms with Gasteiger partial charge in [0, 0.05) is 19.6 Å². The summed E-state index contributed by atoms with van der Waals surface area (Å²) in [7, 11) is 0. The predicted molar refractivity (Wildman–Crippen MR) is 71.9 cm³/mol. The number of carbonyl (C=O) groups excluding carboxylic acids is 1. The van der Waals surface area contributed by atoms with Gasteiger partial charge >= 0.3 is 5.97 Å². The molecule has 0 aromatic carbocycles. The van der Waals surface area contributed by atoms with E-state index in [0.29, 0.717) is 19.4 Å². The van der Waals surface area contributed by atoms with Gasteiger partial charge in [0.05, 0.1) is 11.5 Å². The maximum absolute atomic E-state index is 11.6. The van der Waals surface area contributed by atoms with Crippen LogP contribution in [0.3, 0.4) is 0 Å². The van der Waals surface area contributed by atoms with E-state index in [1.165, 1.54) is 6.42 Å². The zero-order valence-electron chi connectivity index (χ0n) is 11.9. The monoisotopic (exact) mass is 271 g/mol. The Morgan fingerprint density at radius 2 is 2.11 bits per heavy atom. The van der Waals surface area contributed by atoms with Crippen molar-refractivity contribution in [2.75, 3.05) is 13.2 Å². The average Bonchev–Trinajstić information content (AvgIpc) is 2.37. The van der Waals surface area contributed by atoms with Crippen molar-refractivity contribution in [1.82, 2.24) is 5.32 Å². The summed E-state index contributed by atoms with van der Waals surface area (Å²) in [5, 5.41) is 11.7. The van der Waals surface area contributed by atoms with Crippen molar-refractivity contribution in [3.8, 4) is 0 Å². The first kappa shape index (κ1) is 16.0. The molecule has 0 spiro atoms. The van der Waals surface area contributed by atoms with Gasteiger partial charge in [0.1, 0.15) is 0 Å². The molecule has 0 aromatic heterocycles. The van der Waals surface area contributed by atoms with Crippen molar-refractivity contribution >= 4 is 11.9 Å².